The molecule has 1 amide bonds. The molecular weight excluding hydrogens is 421 g/mol. The minimum Gasteiger partial charge on any atom is -0.355 e. The van der Waals surface area contributed by atoms with E-state index in [1.165, 1.54) is 11.6 Å². The van der Waals surface area contributed by atoms with Gasteiger partial charge in [-0.2, -0.15) is 17.7 Å². The molecule has 7 nitrogen and oxygen atoms in total. The number of amides is 1. The minimum atomic E-state index is -4.63. The van der Waals surface area contributed by atoms with E-state index in [-0.39, 0.29) is 23.4 Å². The average molecular weight is 446 g/mol. The maximum atomic E-state index is 13.1. The number of anilines is 1. The zero-order valence-electron chi connectivity index (χ0n) is 17.7. The number of benzene rings is 1. The summed E-state index contributed by atoms with van der Waals surface area (Å²) in [5, 5.41) is 13.9. The molecule has 170 valence electrons. The lowest BCUT2D eigenvalue weighted by atomic mass is 9.94. The molecule has 3 aromatic rings. The number of alkyl halides is 3. The summed E-state index contributed by atoms with van der Waals surface area (Å²) in [6.45, 7) is 3.77. The minimum absolute atomic E-state index is 0.0283. The molecule has 1 fully saturated rings. The third kappa shape index (κ3) is 4.68. The number of hydrogen-bond acceptors (Lipinski definition) is 5. The summed E-state index contributed by atoms with van der Waals surface area (Å²) in [5.74, 6) is -0.559. The smallest absolute Gasteiger partial charge is 0.355 e. The number of aromatic nitrogens is 4. The first kappa shape index (κ1) is 22.0. The van der Waals surface area contributed by atoms with Gasteiger partial charge in [0.25, 0.3) is 5.82 Å². The summed E-state index contributed by atoms with van der Waals surface area (Å²) in [4.78, 5) is 14.6. The first-order valence-corrected chi connectivity index (χ1v) is 10.7. The number of rotatable bonds is 6. The van der Waals surface area contributed by atoms with E-state index in [0.717, 1.165) is 10.9 Å². The van der Waals surface area contributed by atoms with E-state index in [1.807, 2.05) is 23.1 Å². The summed E-state index contributed by atoms with van der Waals surface area (Å²) in [6, 6.07) is 13.2. The van der Waals surface area contributed by atoms with Crippen molar-refractivity contribution < 1.29 is 18.0 Å². The molecule has 0 spiro atoms. The topological polar surface area (TPSA) is 75.4 Å². The average Bonchev–Trinajstić information content (AvgIpc) is 3.24. The molecule has 0 saturated carbocycles. The lowest BCUT2D eigenvalue weighted by molar-refractivity contribution is -0.146. The third-order valence-corrected chi connectivity index (χ3v) is 5.98. The van der Waals surface area contributed by atoms with Crippen LogP contribution in [-0.2, 0) is 11.0 Å². The van der Waals surface area contributed by atoms with Gasteiger partial charge in [-0.1, -0.05) is 37.3 Å². The summed E-state index contributed by atoms with van der Waals surface area (Å²) in [5.41, 5.74) is 1.25. The van der Waals surface area contributed by atoms with Gasteiger partial charge in [-0.25, -0.2) is 0 Å². The lowest BCUT2D eigenvalue weighted by Crippen LogP contribution is -2.42. The van der Waals surface area contributed by atoms with Gasteiger partial charge in [-0.05, 0) is 37.0 Å². The van der Waals surface area contributed by atoms with Crippen LogP contribution in [0.4, 0.5) is 19.0 Å². The number of halogens is 3. The van der Waals surface area contributed by atoms with Crippen LogP contribution in [-0.4, -0.2) is 45.4 Å². The molecule has 1 N–H and O–H groups in total. The fourth-order valence-electron chi connectivity index (χ4n) is 4.09. The summed E-state index contributed by atoms with van der Waals surface area (Å²) >= 11 is 0. The zero-order chi connectivity index (χ0) is 22.7. The Kier molecular flexibility index (Phi) is 6.29. The Morgan fingerprint density at radius 3 is 2.50 bits per heavy atom. The monoisotopic (exact) mass is 446 g/mol. The predicted molar refractivity (Wildman–Crippen MR) is 113 cm³/mol. The Hall–Kier alpha value is -3.17. The first-order chi connectivity index (χ1) is 15.4. The molecule has 4 rings (SSSR count). The van der Waals surface area contributed by atoms with Gasteiger partial charge in [0, 0.05) is 31.5 Å². The van der Waals surface area contributed by atoms with Crippen molar-refractivity contribution in [1.29, 1.82) is 0 Å². The number of nitrogens with one attached hydrogen (secondary N) is 1. The van der Waals surface area contributed by atoms with E-state index in [9.17, 15) is 18.0 Å². The lowest BCUT2D eigenvalue weighted by Gasteiger charge is -2.32. The Morgan fingerprint density at radius 2 is 1.84 bits per heavy atom. The van der Waals surface area contributed by atoms with Gasteiger partial charge in [-0.3, -0.25) is 4.79 Å². The second kappa shape index (κ2) is 9.13. The highest BCUT2D eigenvalue weighted by atomic mass is 19.4. The summed E-state index contributed by atoms with van der Waals surface area (Å²) in [6.07, 6.45) is -2.48. The fourth-order valence-corrected chi connectivity index (χ4v) is 4.09. The molecule has 0 radical (unpaired) electrons. The van der Waals surface area contributed by atoms with Crippen LogP contribution in [0.15, 0.2) is 42.5 Å². The van der Waals surface area contributed by atoms with Gasteiger partial charge in [0.05, 0.1) is 0 Å². The van der Waals surface area contributed by atoms with Gasteiger partial charge in [0.15, 0.2) is 5.65 Å². The first-order valence-electron chi connectivity index (χ1n) is 10.7. The molecule has 0 aliphatic carbocycles. The van der Waals surface area contributed by atoms with E-state index in [2.05, 4.69) is 39.7 Å². The highest BCUT2D eigenvalue weighted by Gasteiger charge is 2.38. The number of carbonyl (C=O) groups is 1. The van der Waals surface area contributed by atoms with Gasteiger partial charge in [-0.15, -0.1) is 15.3 Å². The highest BCUT2D eigenvalue weighted by molar-refractivity contribution is 5.79. The quantitative estimate of drug-likeness (QED) is 0.625. The molecule has 10 heteroatoms. The van der Waals surface area contributed by atoms with Gasteiger partial charge < -0.3 is 10.2 Å². The number of carbonyl (C=O) groups excluding carboxylic acids is 1. The molecule has 3 heterocycles. The summed E-state index contributed by atoms with van der Waals surface area (Å²) in [7, 11) is 0. The van der Waals surface area contributed by atoms with Crippen molar-refractivity contribution in [3.05, 3.63) is 53.9 Å². The van der Waals surface area contributed by atoms with E-state index in [4.69, 9.17) is 0 Å². The number of piperidine rings is 1. The molecule has 1 unspecified atom stereocenters. The van der Waals surface area contributed by atoms with Crippen molar-refractivity contribution in [3.63, 3.8) is 0 Å². The van der Waals surface area contributed by atoms with E-state index < -0.39 is 12.0 Å². The Bertz CT molecular complexity index is 1060. The second-order valence-electron chi connectivity index (χ2n) is 8.01. The Labute approximate surface area is 183 Å². The van der Waals surface area contributed by atoms with Gasteiger partial charge in [0.1, 0.15) is 5.82 Å². The molecule has 0 bridgehead atoms. The maximum Gasteiger partial charge on any atom is 0.453 e. The van der Waals surface area contributed by atoms with Crippen LogP contribution in [0.25, 0.3) is 5.65 Å². The third-order valence-electron chi connectivity index (χ3n) is 5.98. The Morgan fingerprint density at radius 1 is 1.12 bits per heavy atom. The normalized spacial score (nSPS) is 16.3. The van der Waals surface area contributed by atoms with Gasteiger partial charge >= 0.3 is 6.18 Å². The predicted octanol–water partition coefficient (Wildman–Crippen LogP) is 3.67. The van der Waals surface area contributed by atoms with Crippen LogP contribution >= 0.6 is 0 Å². The van der Waals surface area contributed by atoms with Crippen LogP contribution in [0.2, 0.25) is 0 Å². The van der Waals surface area contributed by atoms with E-state index >= 15 is 0 Å². The zero-order valence-corrected chi connectivity index (χ0v) is 17.7. The van der Waals surface area contributed by atoms with Crippen LogP contribution < -0.4 is 10.2 Å². The largest absolute Gasteiger partial charge is 0.453 e. The van der Waals surface area contributed by atoms with Crippen LogP contribution in [0.1, 0.15) is 43.5 Å². The molecule has 2 aromatic heterocycles. The van der Waals surface area contributed by atoms with Crippen molar-refractivity contribution in [2.75, 3.05) is 24.5 Å². The second-order valence-corrected chi connectivity index (χ2v) is 8.01. The molecule has 1 atom stereocenters. The molecular formula is C22H25F3N6O. The van der Waals surface area contributed by atoms with Crippen molar-refractivity contribution in [2.45, 2.75) is 38.3 Å². The van der Waals surface area contributed by atoms with E-state index in [1.54, 1.807) is 6.07 Å². The molecule has 1 aliphatic heterocycles. The summed E-state index contributed by atoms with van der Waals surface area (Å²) < 4.78 is 40.0. The van der Waals surface area contributed by atoms with Crippen LogP contribution in [0, 0.1) is 5.92 Å². The molecule has 32 heavy (non-hydrogen) atoms. The van der Waals surface area contributed by atoms with E-state index in [0.29, 0.717) is 38.3 Å². The maximum absolute atomic E-state index is 13.1. The molecule has 1 aromatic carbocycles. The highest BCUT2D eigenvalue weighted by Crippen LogP contribution is 2.29. The van der Waals surface area contributed by atoms with Crippen molar-refractivity contribution in [3.8, 4) is 0 Å². The SMILES string of the molecule is CCC(CNC(=O)C1CCN(c2ccc3nnc(C(F)(F)F)n3n2)CC1)c1ccccc1. The molecule has 1 aliphatic rings. The Balaban J connectivity index is 1.35. The van der Waals surface area contributed by atoms with Crippen molar-refractivity contribution >= 4 is 17.4 Å². The van der Waals surface area contributed by atoms with Crippen molar-refractivity contribution in [1.82, 2.24) is 25.1 Å². The van der Waals surface area contributed by atoms with Crippen molar-refractivity contribution in [2.24, 2.45) is 5.92 Å². The number of hydrogen-bond donors (Lipinski definition) is 1. The standard InChI is InChI=1S/C22H25F3N6O/c1-2-15(16-6-4-3-5-7-16)14-26-20(32)17-10-12-30(13-11-17)19-9-8-18-27-28-21(22(23,24)25)31(18)29-19/h3-9,15,17H,2,10-14H2,1H3,(H,26,32). The van der Waals surface area contributed by atoms with Crippen LogP contribution in [0.3, 0.4) is 0 Å². The number of fused-ring (bicyclic) bond motifs is 1. The number of nitrogens with zero attached hydrogens (tertiary/aromatic N) is 5. The van der Waals surface area contributed by atoms with Crippen LogP contribution in [0.5, 0.6) is 0 Å². The fraction of sp³-hybridized carbons (Fsp3) is 0.455. The van der Waals surface area contributed by atoms with Gasteiger partial charge in [0.2, 0.25) is 5.91 Å². The molecule has 1 saturated heterocycles.